The van der Waals surface area contributed by atoms with Crippen LogP contribution in [-0.2, 0) is 6.54 Å². The van der Waals surface area contributed by atoms with E-state index in [1.807, 2.05) is 30.3 Å². The van der Waals surface area contributed by atoms with E-state index in [-0.39, 0.29) is 5.75 Å². The lowest BCUT2D eigenvalue weighted by molar-refractivity contribution is -0.0498. The second-order valence-electron chi connectivity index (χ2n) is 4.80. The lowest BCUT2D eigenvalue weighted by Gasteiger charge is -2.14. The molecule has 0 fully saturated rings. The molecule has 0 bridgehead atoms. The van der Waals surface area contributed by atoms with Crippen LogP contribution in [0.25, 0.3) is 5.70 Å². The Morgan fingerprint density at radius 1 is 1.04 bits per heavy atom. The predicted octanol–water partition coefficient (Wildman–Crippen LogP) is 3.43. The Balaban J connectivity index is 1.76. The Kier molecular flexibility index (Phi) is 6.51. The van der Waals surface area contributed by atoms with E-state index in [9.17, 15) is 8.78 Å². The minimum Gasteiger partial charge on any atom is -0.435 e. The van der Waals surface area contributed by atoms with Gasteiger partial charge >= 0.3 is 6.61 Å². The molecule has 0 aliphatic heterocycles. The number of nitrogens with one attached hydrogen (secondary N) is 3. The molecular weight excluding hydrogens is 332 g/mol. The second-order valence-corrected chi connectivity index (χ2v) is 5.21. The fourth-order valence-electron chi connectivity index (χ4n) is 1.86. The van der Waals surface area contributed by atoms with Gasteiger partial charge in [-0.3, -0.25) is 10.9 Å². The molecule has 2 aromatic rings. The maximum Gasteiger partial charge on any atom is 0.387 e. The first-order valence-corrected chi connectivity index (χ1v) is 7.53. The Bertz CT molecular complexity index is 678. The summed E-state index contributed by atoms with van der Waals surface area (Å²) in [6.45, 7) is 1.61. The molecular formula is C17H17F2N3OS. The number of halogens is 2. The van der Waals surface area contributed by atoms with Gasteiger partial charge < -0.3 is 10.1 Å². The highest BCUT2D eigenvalue weighted by Gasteiger charge is 2.05. The molecule has 2 rings (SSSR count). The second kappa shape index (κ2) is 8.83. The monoisotopic (exact) mass is 349 g/mol. The lowest BCUT2D eigenvalue weighted by Crippen LogP contribution is -2.42. The molecule has 0 radical (unpaired) electrons. The van der Waals surface area contributed by atoms with Crippen LogP contribution in [0.5, 0.6) is 5.75 Å². The van der Waals surface area contributed by atoms with Crippen LogP contribution in [0.4, 0.5) is 8.78 Å². The Hall–Kier alpha value is -2.67. The smallest absolute Gasteiger partial charge is 0.387 e. The zero-order chi connectivity index (χ0) is 17.4. The number of benzene rings is 2. The van der Waals surface area contributed by atoms with E-state index in [0.29, 0.717) is 17.4 Å². The summed E-state index contributed by atoms with van der Waals surface area (Å²) >= 11 is 5.16. The van der Waals surface area contributed by atoms with E-state index in [1.165, 1.54) is 12.1 Å². The van der Waals surface area contributed by atoms with E-state index in [2.05, 4.69) is 27.5 Å². The van der Waals surface area contributed by atoms with Crippen LogP contribution in [0.2, 0.25) is 0 Å². The molecule has 0 spiro atoms. The summed E-state index contributed by atoms with van der Waals surface area (Å²) in [5, 5.41) is 3.46. The zero-order valence-electron chi connectivity index (χ0n) is 12.8. The predicted molar refractivity (Wildman–Crippen MR) is 94.3 cm³/mol. The quantitative estimate of drug-likeness (QED) is 0.528. The van der Waals surface area contributed by atoms with E-state index < -0.39 is 6.61 Å². The number of rotatable bonds is 7. The SMILES string of the molecule is C=C(NNC(=S)NCc1ccccc1)c1ccc(OC(F)F)cc1. The van der Waals surface area contributed by atoms with Crippen molar-refractivity contribution in [2.24, 2.45) is 0 Å². The zero-order valence-corrected chi connectivity index (χ0v) is 13.6. The minimum absolute atomic E-state index is 0.0922. The van der Waals surface area contributed by atoms with E-state index in [0.717, 1.165) is 11.1 Å². The van der Waals surface area contributed by atoms with Gasteiger partial charge in [0.2, 0.25) is 0 Å². The summed E-state index contributed by atoms with van der Waals surface area (Å²) in [5.74, 6) is 0.0922. The number of hydrazine groups is 1. The molecule has 4 nitrogen and oxygen atoms in total. The maximum atomic E-state index is 12.1. The van der Waals surface area contributed by atoms with Crippen molar-refractivity contribution in [2.45, 2.75) is 13.2 Å². The highest BCUT2D eigenvalue weighted by Crippen LogP contribution is 2.17. The van der Waals surface area contributed by atoms with Gasteiger partial charge in [-0.1, -0.05) is 36.9 Å². The van der Waals surface area contributed by atoms with Crippen LogP contribution in [0.15, 0.2) is 61.2 Å². The molecule has 0 atom stereocenters. The van der Waals surface area contributed by atoms with Crippen molar-refractivity contribution in [3.63, 3.8) is 0 Å². The Labute approximate surface area is 144 Å². The molecule has 0 aliphatic carbocycles. The number of thiocarbonyl (C=S) groups is 1. The number of ether oxygens (including phenoxy) is 1. The van der Waals surface area contributed by atoms with Crippen molar-refractivity contribution in [1.29, 1.82) is 0 Å². The molecule has 0 aliphatic rings. The standard InChI is InChI=1S/C17H17F2N3OS/c1-12(14-7-9-15(10-8-14)23-16(18)19)21-22-17(24)20-11-13-5-3-2-4-6-13/h2-10,16,21H,1,11H2,(H2,20,22,24). The first kappa shape index (κ1) is 17.7. The van der Waals surface area contributed by atoms with E-state index >= 15 is 0 Å². The fraction of sp³-hybridized carbons (Fsp3) is 0.118. The molecule has 0 saturated heterocycles. The topological polar surface area (TPSA) is 45.3 Å². The van der Waals surface area contributed by atoms with Crippen LogP contribution in [0.3, 0.4) is 0 Å². The van der Waals surface area contributed by atoms with Gasteiger partial charge in [0, 0.05) is 6.54 Å². The van der Waals surface area contributed by atoms with Crippen LogP contribution in [-0.4, -0.2) is 11.7 Å². The number of hydrogen-bond acceptors (Lipinski definition) is 3. The largest absolute Gasteiger partial charge is 0.435 e. The molecule has 7 heteroatoms. The number of hydrogen-bond donors (Lipinski definition) is 3. The molecule has 0 saturated carbocycles. The van der Waals surface area contributed by atoms with Gasteiger partial charge in [0.25, 0.3) is 0 Å². The summed E-state index contributed by atoms with van der Waals surface area (Å²) < 4.78 is 28.5. The minimum atomic E-state index is -2.84. The summed E-state index contributed by atoms with van der Waals surface area (Å²) in [5.41, 5.74) is 8.04. The highest BCUT2D eigenvalue weighted by molar-refractivity contribution is 7.80. The Morgan fingerprint density at radius 3 is 2.33 bits per heavy atom. The van der Waals surface area contributed by atoms with E-state index in [4.69, 9.17) is 12.2 Å². The molecule has 2 aromatic carbocycles. The fourth-order valence-corrected chi connectivity index (χ4v) is 1.99. The summed E-state index contributed by atoms with van der Waals surface area (Å²) in [6.07, 6.45) is 0. The molecule has 3 N–H and O–H groups in total. The molecule has 0 aromatic heterocycles. The number of alkyl halides is 2. The first-order chi connectivity index (χ1) is 11.5. The van der Waals surface area contributed by atoms with Crippen LogP contribution in [0.1, 0.15) is 11.1 Å². The normalized spacial score (nSPS) is 10.1. The summed E-state index contributed by atoms with van der Waals surface area (Å²) in [6, 6.07) is 16.0. The molecule has 24 heavy (non-hydrogen) atoms. The molecule has 126 valence electrons. The third kappa shape index (κ3) is 5.85. The highest BCUT2D eigenvalue weighted by atomic mass is 32.1. The van der Waals surface area contributed by atoms with E-state index in [1.54, 1.807) is 12.1 Å². The van der Waals surface area contributed by atoms with Crippen molar-refractivity contribution in [3.05, 3.63) is 72.3 Å². The van der Waals surface area contributed by atoms with Crippen molar-refractivity contribution < 1.29 is 13.5 Å². The molecule has 0 heterocycles. The summed E-state index contributed by atoms with van der Waals surface area (Å²) in [7, 11) is 0. The van der Waals surface area contributed by atoms with Crippen LogP contribution in [0, 0.1) is 0 Å². The third-order valence-corrected chi connectivity index (χ3v) is 3.30. The molecule has 0 unspecified atom stereocenters. The molecule has 0 amide bonds. The van der Waals surface area contributed by atoms with Crippen molar-refractivity contribution in [3.8, 4) is 5.75 Å². The van der Waals surface area contributed by atoms with Gasteiger partial charge in [0.1, 0.15) is 5.75 Å². The van der Waals surface area contributed by atoms with Gasteiger partial charge in [-0.05, 0) is 47.6 Å². The van der Waals surface area contributed by atoms with Crippen molar-refractivity contribution >= 4 is 23.0 Å². The summed E-state index contributed by atoms with van der Waals surface area (Å²) in [4.78, 5) is 0. The Morgan fingerprint density at radius 2 is 1.71 bits per heavy atom. The van der Waals surface area contributed by atoms with Gasteiger partial charge in [-0.25, -0.2) is 0 Å². The van der Waals surface area contributed by atoms with Gasteiger partial charge in [0.15, 0.2) is 5.11 Å². The average molecular weight is 349 g/mol. The van der Waals surface area contributed by atoms with Crippen LogP contribution >= 0.6 is 12.2 Å². The van der Waals surface area contributed by atoms with Crippen molar-refractivity contribution in [1.82, 2.24) is 16.2 Å². The van der Waals surface area contributed by atoms with Gasteiger partial charge in [-0.2, -0.15) is 8.78 Å². The van der Waals surface area contributed by atoms with Gasteiger partial charge in [0.05, 0.1) is 5.70 Å². The van der Waals surface area contributed by atoms with Crippen molar-refractivity contribution in [2.75, 3.05) is 0 Å². The first-order valence-electron chi connectivity index (χ1n) is 7.12. The maximum absolute atomic E-state index is 12.1. The lowest BCUT2D eigenvalue weighted by atomic mass is 10.2. The average Bonchev–Trinajstić information content (AvgIpc) is 2.59. The van der Waals surface area contributed by atoms with Crippen LogP contribution < -0.4 is 20.9 Å². The third-order valence-electron chi connectivity index (χ3n) is 3.05. The van der Waals surface area contributed by atoms with Gasteiger partial charge in [-0.15, -0.1) is 0 Å².